The van der Waals surface area contributed by atoms with E-state index in [-0.39, 0.29) is 0 Å². The van der Waals surface area contributed by atoms with E-state index >= 15 is 0 Å². The molecule has 0 heterocycles. The van der Waals surface area contributed by atoms with Gasteiger partial charge in [0.2, 0.25) is 0 Å². The van der Waals surface area contributed by atoms with E-state index in [2.05, 4.69) is 5.32 Å². The van der Waals surface area contributed by atoms with Crippen molar-refractivity contribution in [2.45, 2.75) is 64.8 Å². The van der Waals surface area contributed by atoms with Crippen molar-refractivity contribution in [2.24, 2.45) is 5.73 Å². The summed E-state index contributed by atoms with van der Waals surface area (Å²) in [6.45, 7) is 10.6. The Labute approximate surface area is 166 Å². The fourth-order valence-corrected chi connectivity index (χ4v) is 2.72. The predicted octanol–water partition coefficient (Wildman–Crippen LogP) is 4.07. The highest BCUT2D eigenvalue weighted by molar-refractivity contribution is 5.84. The van der Waals surface area contributed by atoms with Crippen molar-refractivity contribution in [1.82, 2.24) is 5.32 Å². The molecule has 0 radical (unpaired) electrons. The number of hydrogen-bond donors (Lipinski definition) is 2. The highest BCUT2D eigenvalue weighted by Crippen LogP contribution is 2.24. The zero-order valence-electron chi connectivity index (χ0n) is 17.4. The Morgan fingerprint density at radius 1 is 0.893 bits per heavy atom. The molecule has 1 amide bonds. The van der Waals surface area contributed by atoms with Gasteiger partial charge in [0, 0.05) is 0 Å². The first kappa shape index (κ1) is 21.7. The van der Waals surface area contributed by atoms with Crippen molar-refractivity contribution in [1.29, 1.82) is 0 Å². The number of amides is 1. The second-order valence-corrected chi connectivity index (χ2v) is 8.79. The average Bonchev–Trinajstić information content (AvgIpc) is 2.55. The maximum absolute atomic E-state index is 12.6. The molecule has 0 bridgehead atoms. The maximum atomic E-state index is 12.6. The van der Waals surface area contributed by atoms with E-state index < -0.39 is 35.3 Å². The highest BCUT2D eigenvalue weighted by atomic mass is 16.6. The van der Waals surface area contributed by atoms with Crippen molar-refractivity contribution in [3.8, 4) is 0 Å². The second kappa shape index (κ2) is 8.19. The Morgan fingerprint density at radius 2 is 1.46 bits per heavy atom. The van der Waals surface area contributed by atoms with Crippen molar-refractivity contribution in [3.63, 3.8) is 0 Å². The molecule has 28 heavy (non-hydrogen) atoms. The van der Waals surface area contributed by atoms with Gasteiger partial charge >= 0.3 is 12.1 Å². The highest BCUT2D eigenvalue weighted by Gasteiger charge is 2.32. The zero-order valence-corrected chi connectivity index (χ0v) is 17.4. The molecule has 0 aliphatic heterocycles. The molecule has 6 nitrogen and oxygen atoms in total. The molecule has 2 aromatic carbocycles. The molecular weight excluding hydrogens is 356 g/mol. The van der Waals surface area contributed by atoms with Crippen LogP contribution in [0.25, 0.3) is 10.8 Å². The topological polar surface area (TPSA) is 90.6 Å². The van der Waals surface area contributed by atoms with Gasteiger partial charge in [-0.1, -0.05) is 36.4 Å². The molecule has 0 fully saturated rings. The average molecular weight is 386 g/mol. The third-order valence-corrected chi connectivity index (χ3v) is 3.84. The molecule has 0 spiro atoms. The van der Waals surface area contributed by atoms with Gasteiger partial charge in [0.05, 0.1) is 6.04 Å². The van der Waals surface area contributed by atoms with Crippen LogP contribution in [0.3, 0.4) is 0 Å². The molecular formula is C22H30N2O4. The molecule has 152 valence electrons. The van der Waals surface area contributed by atoms with E-state index in [4.69, 9.17) is 15.2 Å². The summed E-state index contributed by atoms with van der Waals surface area (Å²) in [6, 6.07) is 11.6. The van der Waals surface area contributed by atoms with E-state index in [9.17, 15) is 9.59 Å². The van der Waals surface area contributed by atoms with Crippen LogP contribution in [-0.2, 0) is 14.3 Å². The molecule has 0 aliphatic carbocycles. The Hall–Kier alpha value is -2.60. The summed E-state index contributed by atoms with van der Waals surface area (Å²) >= 11 is 0. The van der Waals surface area contributed by atoms with Crippen LogP contribution in [-0.4, -0.2) is 29.3 Å². The number of alkyl carbamates (subject to hydrolysis) is 1. The van der Waals surface area contributed by atoms with Crippen LogP contribution in [0.15, 0.2) is 42.5 Å². The molecule has 0 aromatic heterocycles. The van der Waals surface area contributed by atoms with Crippen molar-refractivity contribution >= 4 is 22.8 Å². The van der Waals surface area contributed by atoms with E-state index in [1.165, 1.54) is 0 Å². The van der Waals surface area contributed by atoms with E-state index in [0.29, 0.717) is 5.56 Å². The lowest BCUT2D eigenvalue weighted by molar-refractivity contribution is -0.157. The molecule has 0 unspecified atom stereocenters. The SMILES string of the molecule is CC(C)(C)OC(=O)N[C@H](c1ccc2ccccc2c1)[C@@H](N)C(=O)OC(C)(C)C. The van der Waals surface area contributed by atoms with Crippen LogP contribution in [0.4, 0.5) is 4.79 Å². The Morgan fingerprint density at radius 3 is 2.04 bits per heavy atom. The summed E-state index contributed by atoms with van der Waals surface area (Å²) in [5.41, 5.74) is 5.55. The van der Waals surface area contributed by atoms with Gasteiger partial charge in [-0.3, -0.25) is 4.79 Å². The second-order valence-electron chi connectivity index (χ2n) is 8.79. The van der Waals surface area contributed by atoms with Crippen LogP contribution < -0.4 is 11.1 Å². The largest absolute Gasteiger partial charge is 0.459 e. The summed E-state index contributed by atoms with van der Waals surface area (Å²) < 4.78 is 10.8. The first-order chi connectivity index (χ1) is 12.9. The van der Waals surface area contributed by atoms with E-state index in [1.807, 2.05) is 42.5 Å². The summed E-state index contributed by atoms with van der Waals surface area (Å²) in [5.74, 6) is -0.596. The smallest absolute Gasteiger partial charge is 0.408 e. The first-order valence-corrected chi connectivity index (χ1v) is 9.32. The molecule has 0 saturated heterocycles. The zero-order chi connectivity index (χ0) is 21.1. The number of nitrogens with one attached hydrogen (secondary N) is 1. The van der Waals surface area contributed by atoms with Gasteiger partial charge < -0.3 is 20.5 Å². The lowest BCUT2D eigenvalue weighted by Crippen LogP contribution is -2.48. The minimum absolute atomic E-state index is 0.596. The Balaban J connectivity index is 2.36. The number of fused-ring (bicyclic) bond motifs is 1. The molecule has 0 saturated carbocycles. The van der Waals surface area contributed by atoms with Gasteiger partial charge in [0.25, 0.3) is 0 Å². The quantitative estimate of drug-likeness (QED) is 0.773. The minimum Gasteiger partial charge on any atom is -0.459 e. The number of ether oxygens (including phenoxy) is 2. The van der Waals surface area contributed by atoms with E-state index in [0.717, 1.165) is 10.8 Å². The number of hydrogen-bond acceptors (Lipinski definition) is 5. The van der Waals surface area contributed by atoms with Crippen molar-refractivity contribution in [2.75, 3.05) is 0 Å². The number of rotatable bonds is 4. The molecule has 3 N–H and O–H groups in total. The molecule has 2 atom stereocenters. The fraction of sp³-hybridized carbons (Fsp3) is 0.455. The van der Waals surface area contributed by atoms with Gasteiger partial charge in [-0.2, -0.15) is 0 Å². The molecule has 6 heteroatoms. The monoisotopic (exact) mass is 386 g/mol. The van der Waals surface area contributed by atoms with Crippen LogP contribution in [0.2, 0.25) is 0 Å². The standard InChI is InChI=1S/C22H30N2O4/c1-21(2,3)27-19(25)17(23)18(24-20(26)28-22(4,5)6)16-12-11-14-9-7-8-10-15(14)13-16/h7-13,17-18H,23H2,1-6H3,(H,24,26)/t17-,18-/m1/s1. The summed E-state index contributed by atoms with van der Waals surface area (Å²) in [5, 5.41) is 4.76. The molecule has 2 aromatic rings. The Bertz CT molecular complexity index is 849. The van der Waals surface area contributed by atoms with Gasteiger partial charge in [-0.05, 0) is 63.9 Å². The van der Waals surface area contributed by atoms with Crippen LogP contribution in [0, 0.1) is 0 Å². The first-order valence-electron chi connectivity index (χ1n) is 9.32. The number of nitrogens with two attached hydrogens (primary N) is 1. The van der Waals surface area contributed by atoms with Gasteiger partial charge in [-0.25, -0.2) is 4.79 Å². The van der Waals surface area contributed by atoms with Gasteiger partial charge in [-0.15, -0.1) is 0 Å². The van der Waals surface area contributed by atoms with Gasteiger partial charge in [0.1, 0.15) is 17.2 Å². The third kappa shape index (κ3) is 6.23. The maximum Gasteiger partial charge on any atom is 0.408 e. The van der Waals surface area contributed by atoms with Crippen molar-refractivity contribution in [3.05, 3.63) is 48.0 Å². The third-order valence-electron chi connectivity index (χ3n) is 3.84. The van der Waals surface area contributed by atoms with E-state index in [1.54, 1.807) is 41.5 Å². The van der Waals surface area contributed by atoms with Gasteiger partial charge in [0.15, 0.2) is 0 Å². The molecule has 2 rings (SSSR count). The summed E-state index contributed by atoms with van der Waals surface area (Å²) in [7, 11) is 0. The number of carbonyl (C=O) groups is 2. The normalized spacial score (nSPS) is 14.2. The lowest BCUT2D eigenvalue weighted by atomic mass is 9.97. The fourth-order valence-electron chi connectivity index (χ4n) is 2.72. The van der Waals surface area contributed by atoms with Crippen molar-refractivity contribution < 1.29 is 19.1 Å². The summed E-state index contributed by atoms with van der Waals surface area (Å²) in [4.78, 5) is 24.9. The number of benzene rings is 2. The number of carbonyl (C=O) groups excluding carboxylic acids is 2. The predicted molar refractivity (Wildman–Crippen MR) is 110 cm³/mol. The summed E-state index contributed by atoms with van der Waals surface area (Å²) in [6.07, 6.45) is -0.648. The lowest BCUT2D eigenvalue weighted by Gasteiger charge is -2.29. The Kier molecular flexibility index (Phi) is 6.34. The van der Waals surface area contributed by atoms with Crippen LogP contribution in [0.1, 0.15) is 53.1 Å². The van der Waals surface area contributed by atoms with Crippen LogP contribution >= 0.6 is 0 Å². The minimum atomic E-state index is -1.09. The number of esters is 1. The van der Waals surface area contributed by atoms with Crippen LogP contribution in [0.5, 0.6) is 0 Å². The molecule has 0 aliphatic rings.